The van der Waals surface area contributed by atoms with Gasteiger partial charge in [0.15, 0.2) is 0 Å². The predicted molar refractivity (Wildman–Crippen MR) is 126 cm³/mol. The van der Waals surface area contributed by atoms with Gasteiger partial charge in [-0.05, 0) is 26.8 Å². The molecule has 0 aromatic heterocycles. The Morgan fingerprint density at radius 3 is 1.17 bits per heavy atom. The summed E-state index contributed by atoms with van der Waals surface area (Å²) >= 11 is 0. The summed E-state index contributed by atoms with van der Waals surface area (Å²) in [5.74, 6) is 0.328. The van der Waals surface area contributed by atoms with Crippen LogP contribution >= 0.6 is 0 Å². The Morgan fingerprint density at radius 2 is 0.828 bits per heavy atom. The number of aryl methyl sites for hydroxylation is 3. The van der Waals surface area contributed by atoms with Crippen molar-refractivity contribution in [2.24, 2.45) is 0 Å². The van der Waals surface area contributed by atoms with E-state index in [-0.39, 0.29) is 0 Å². The highest BCUT2D eigenvalue weighted by molar-refractivity contribution is 7.20. The maximum Gasteiger partial charge on any atom is 0.112 e. The van der Waals surface area contributed by atoms with Crippen molar-refractivity contribution >= 4 is 28.0 Å². The molecule has 0 saturated carbocycles. The Bertz CT molecular complexity index is 1000. The average Bonchev–Trinajstić information content (AvgIpc) is 2.73. The summed E-state index contributed by atoms with van der Waals surface area (Å²) in [5, 5.41) is 11.0. The van der Waals surface area contributed by atoms with Gasteiger partial charge in [0.1, 0.15) is 6.15 Å². The van der Waals surface area contributed by atoms with Crippen LogP contribution in [0.4, 0.5) is 0 Å². The van der Waals surface area contributed by atoms with Gasteiger partial charge >= 0.3 is 0 Å². The number of hydrogen-bond acceptors (Lipinski definition) is 1. The Morgan fingerprint density at radius 1 is 0.483 bits per heavy atom. The molecule has 0 amide bonds. The molecule has 0 spiro atoms. The lowest BCUT2D eigenvalue weighted by Crippen LogP contribution is -2.74. The number of benzene rings is 4. The second kappa shape index (κ2) is 7.64. The highest BCUT2D eigenvalue weighted by Crippen LogP contribution is 2.16. The van der Waals surface area contributed by atoms with Gasteiger partial charge in [-0.25, -0.2) is 0 Å². The van der Waals surface area contributed by atoms with E-state index in [9.17, 15) is 5.11 Å². The van der Waals surface area contributed by atoms with E-state index in [1.165, 1.54) is 33.1 Å². The van der Waals surface area contributed by atoms with Gasteiger partial charge in [-0.1, -0.05) is 108 Å². The van der Waals surface area contributed by atoms with Gasteiger partial charge in [-0.3, -0.25) is 0 Å². The van der Waals surface area contributed by atoms with Crippen LogP contribution in [0, 0.1) is 20.8 Å². The minimum atomic E-state index is -1.53. The number of phenols is 1. The van der Waals surface area contributed by atoms with Gasteiger partial charge in [0.05, 0.1) is 5.75 Å². The van der Waals surface area contributed by atoms with Crippen molar-refractivity contribution in [2.45, 2.75) is 20.8 Å². The van der Waals surface area contributed by atoms with Crippen LogP contribution in [0.5, 0.6) is 5.75 Å². The maximum atomic E-state index is 11.0. The van der Waals surface area contributed by atoms with Crippen LogP contribution in [0.25, 0.3) is 0 Å². The van der Waals surface area contributed by atoms with Crippen molar-refractivity contribution in [3.8, 4) is 5.75 Å². The first kappa shape index (κ1) is 19.1. The number of para-hydroxylation sites is 1. The van der Waals surface area contributed by atoms with Crippen LogP contribution in [0.3, 0.4) is 0 Å². The summed E-state index contributed by atoms with van der Waals surface area (Å²) in [6, 6.07) is 34.0. The van der Waals surface area contributed by atoms with Gasteiger partial charge in [0, 0.05) is 0 Å². The zero-order valence-electron chi connectivity index (χ0n) is 17.3. The average molecular weight is 377 g/mol. The summed E-state index contributed by atoms with van der Waals surface area (Å²) < 4.78 is 0. The molecule has 0 radical (unpaired) electrons. The van der Waals surface area contributed by atoms with E-state index in [1.807, 2.05) is 12.1 Å². The fourth-order valence-corrected chi connectivity index (χ4v) is 4.54. The topological polar surface area (TPSA) is 20.2 Å². The third kappa shape index (κ3) is 3.36. The van der Waals surface area contributed by atoms with Crippen LogP contribution in [-0.4, -0.2) is 11.3 Å². The van der Waals surface area contributed by atoms with Crippen molar-refractivity contribution < 1.29 is 5.11 Å². The highest BCUT2D eigenvalue weighted by Gasteiger charge is 2.33. The lowest BCUT2D eigenvalue weighted by Gasteiger charge is -2.44. The van der Waals surface area contributed by atoms with E-state index in [4.69, 9.17) is 0 Å². The first-order chi connectivity index (χ1) is 14.0. The van der Waals surface area contributed by atoms with Crippen LogP contribution in [-0.2, 0) is 0 Å². The molecular weight excluding hydrogens is 351 g/mol. The number of phenolic OH excluding ortho intramolecular Hbond substituents is 1. The van der Waals surface area contributed by atoms with Crippen LogP contribution < -0.4 is 21.9 Å². The van der Waals surface area contributed by atoms with Gasteiger partial charge < -0.3 is 5.11 Å². The van der Waals surface area contributed by atoms with Crippen molar-refractivity contribution in [1.29, 1.82) is 0 Å². The quantitative estimate of drug-likeness (QED) is 0.538. The maximum absolute atomic E-state index is 11.0. The Kier molecular flexibility index (Phi) is 5.02. The zero-order chi connectivity index (χ0) is 20.4. The highest BCUT2D eigenvalue weighted by atomic mass is 16.3. The molecule has 0 bridgehead atoms. The minimum Gasteiger partial charge on any atom is -0.511 e. The van der Waals surface area contributed by atoms with Crippen molar-refractivity contribution in [1.82, 2.24) is 0 Å². The fraction of sp³-hybridized carbons (Fsp3) is 0.111. The number of rotatable bonds is 4. The third-order valence-corrected chi connectivity index (χ3v) is 6.14. The third-order valence-electron chi connectivity index (χ3n) is 6.14. The first-order valence-electron chi connectivity index (χ1n) is 10.2. The van der Waals surface area contributed by atoms with Crippen LogP contribution in [0.1, 0.15) is 16.7 Å². The number of aromatic hydroxyl groups is 1. The summed E-state index contributed by atoms with van der Waals surface area (Å²) in [4.78, 5) is 0. The molecule has 1 N–H and O–H groups in total. The van der Waals surface area contributed by atoms with Gasteiger partial charge in [0.25, 0.3) is 0 Å². The van der Waals surface area contributed by atoms with E-state index in [0.717, 1.165) is 5.46 Å². The molecule has 0 aliphatic rings. The summed E-state index contributed by atoms with van der Waals surface area (Å²) in [5.41, 5.74) is 8.22. The smallest absolute Gasteiger partial charge is 0.112 e. The molecule has 0 atom stereocenters. The molecule has 4 rings (SSSR count). The second-order valence-corrected chi connectivity index (χ2v) is 8.16. The van der Waals surface area contributed by atoms with E-state index in [0.29, 0.717) is 5.75 Å². The van der Waals surface area contributed by atoms with Crippen LogP contribution in [0.15, 0.2) is 97.1 Å². The Labute approximate surface area is 173 Å². The molecular formula is C27H26BO-. The molecule has 0 unspecified atom stereocenters. The van der Waals surface area contributed by atoms with E-state index in [1.54, 1.807) is 6.07 Å². The molecule has 4 aromatic rings. The molecule has 0 saturated heterocycles. The molecule has 2 heteroatoms. The van der Waals surface area contributed by atoms with Crippen LogP contribution in [0.2, 0.25) is 0 Å². The number of hydrogen-bond donors (Lipinski definition) is 1. The van der Waals surface area contributed by atoms with E-state index in [2.05, 4.69) is 99.6 Å². The SMILES string of the molecule is Cc1ccc([B-](c2ccc(C)cc2)(c2ccc(C)cc2)c2ccccc2O)cc1. The van der Waals surface area contributed by atoms with E-state index >= 15 is 0 Å². The van der Waals surface area contributed by atoms with Crippen molar-refractivity contribution in [3.63, 3.8) is 0 Å². The lowest BCUT2D eigenvalue weighted by atomic mass is 9.13. The molecule has 144 valence electrons. The van der Waals surface area contributed by atoms with Gasteiger partial charge in [0.2, 0.25) is 0 Å². The first-order valence-corrected chi connectivity index (χ1v) is 10.2. The van der Waals surface area contributed by atoms with Crippen molar-refractivity contribution in [3.05, 3.63) is 114 Å². The molecule has 0 heterocycles. The summed E-state index contributed by atoms with van der Waals surface area (Å²) in [6.07, 6.45) is -1.53. The minimum absolute atomic E-state index is 0.328. The van der Waals surface area contributed by atoms with Gasteiger partial charge in [-0.15, -0.1) is 0 Å². The van der Waals surface area contributed by atoms with Crippen molar-refractivity contribution in [2.75, 3.05) is 0 Å². The second-order valence-electron chi connectivity index (χ2n) is 8.16. The molecule has 0 fully saturated rings. The van der Waals surface area contributed by atoms with E-state index < -0.39 is 6.15 Å². The Balaban J connectivity index is 2.15. The normalized spacial score (nSPS) is 11.4. The molecule has 29 heavy (non-hydrogen) atoms. The largest absolute Gasteiger partial charge is 0.511 e. The molecule has 1 nitrogen and oxygen atoms in total. The molecule has 0 aliphatic heterocycles. The van der Waals surface area contributed by atoms with Gasteiger partial charge in [-0.2, -0.15) is 21.9 Å². The fourth-order valence-electron chi connectivity index (χ4n) is 4.54. The standard InChI is InChI=1S/C27H26BO/c1-20-8-14-23(15-9-20)28(24-16-10-21(2)11-17-24,25-18-12-22(3)13-19-25)26-6-4-5-7-27(26)29/h4-19,29H,1-3H3/q-1. The Hall–Kier alpha value is -3.26. The molecule has 4 aromatic carbocycles. The lowest BCUT2D eigenvalue weighted by molar-refractivity contribution is 0.479. The monoisotopic (exact) mass is 377 g/mol. The summed E-state index contributed by atoms with van der Waals surface area (Å²) in [7, 11) is 0. The zero-order valence-corrected chi connectivity index (χ0v) is 17.3. The molecule has 0 aliphatic carbocycles. The summed E-state index contributed by atoms with van der Waals surface area (Å²) in [6.45, 7) is 6.32. The predicted octanol–water partition coefficient (Wildman–Crippen LogP) is 3.69.